The van der Waals surface area contributed by atoms with E-state index in [-0.39, 0.29) is 11.5 Å². The van der Waals surface area contributed by atoms with Crippen molar-refractivity contribution in [3.8, 4) is 0 Å². The van der Waals surface area contributed by atoms with E-state index in [1.54, 1.807) is 0 Å². The minimum Gasteiger partial charge on any atom is -0.375 e. The molecule has 0 bridgehead atoms. The number of ether oxygens (including phenoxy) is 1. The molecule has 2 N–H and O–H groups in total. The molecule has 1 saturated heterocycles. The molecule has 1 aromatic rings. The van der Waals surface area contributed by atoms with Crippen LogP contribution in [-0.4, -0.2) is 24.2 Å². The van der Waals surface area contributed by atoms with Crippen LogP contribution in [0.5, 0.6) is 0 Å². The van der Waals surface area contributed by atoms with Crippen LogP contribution < -0.4 is 10.6 Å². The predicted octanol–water partition coefficient (Wildman–Crippen LogP) is 3.32. The fourth-order valence-electron chi connectivity index (χ4n) is 4.21. The number of carbonyl (C=O) groups is 1. The summed E-state index contributed by atoms with van der Waals surface area (Å²) in [6.45, 7) is 3.13. The van der Waals surface area contributed by atoms with Gasteiger partial charge in [0, 0.05) is 30.8 Å². The average molecular weight is 314 g/mol. The molecule has 1 saturated carbocycles. The van der Waals surface area contributed by atoms with E-state index in [4.69, 9.17) is 4.74 Å². The molecule has 1 aliphatic carbocycles. The summed E-state index contributed by atoms with van der Waals surface area (Å²) in [5, 5.41) is 6.76. The normalized spacial score (nSPS) is 27.0. The third-order valence-electron chi connectivity index (χ3n) is 5.77. The number of aryl methyl sites for hydroxylation is 1. The van der Waals surface area contributed by atoms with Crippen molar-refractivity contribution in [3.63, 3.8) is 0 Å². The number of carbonyl (C=O) groups excluding carboxylic acids is 1. The Morgan fingerprint density at radius 1 is 1.35 bits per heavy atom. The van der Waals surface area contributed by atoms with Crippen molar-refractivity contribution < 1.29 is 9.53 Å². The maximum absolute atomic E-state index is 11.5. The highest BCUT2D eigenvalue weighted by molar-refractivity contribution is 5.93. The van der Waals surface area contributed by atoms with Gasteiger partial charge in [0.1, 0.15) is 0 Å². The number of hydrogen-bond acceptors (Lipinski definition) is 3. The van der Waals surface area contributed by atoms with Gasteiger partial charge in [0.05, 0.1) is 5.60 Å². The van der Waals surface area contributed by atoms with Gasteiger partial charge in [-0.25, -0.2) is 0 Å². The molecule has 124 valence electrons. The van der Waals surface area contributed by atoms with Crippen LogP contribution in [0.2, 0.25) is 0 Å². The first-order valence-corrected chi connectivity index (χ1v) is 8.96. The van der Waals surface area contributed by atoms with E-state index in [1.807, 2.05) is 0 Å². The van der Waals surface area contributed by atoms with Gasteiger partial charge in [0.2, 0.25) is 5.91 Å². The van der Waals surface area contributed by atoms with Crippen LogP contribution in [0.4, 0.5) is 5.69 Å². The molecule has 0 radical (unpaired) electrons. The van der Waals surface area contributed by atoms with Crippen LogP contribution in [-0.2, 0) is 16.0 Å². The molecule has 4 nitrogen and oxygen atoms in total. The molecule has 0 aromatic heterocycles. The zero-order valence-corrected chi connectivity index (χ0v) is 13.9. The van der Waals surface area contributed by atoms with E-state index in [0.29, 0.717) is 18.5 Å². The number of anilines is 1. The molecular formula is C19H26N2O2. The number of benzene rings is 1. The maximum Gasteiger partial charge on any atom is 0.224 e. The highest BCUT2D eigenvalue weighted by Gasteiger charge is 2.42. The number of nitrogens with one attached hydrogen (secondary N) is 2. The van der Waals surface area contributed by atoms with Crippen LogP contribution in [0.25, 0.3) is 0 Å². The number of fused-ring (bicyclic) bond motifs is 1. The fourth-order valence-corrected chi connectivity index (χ4v) is 4.21. The SMILES string of the molecule is C[C@H](N[C@H]1CCOC2(CCC2)C1)c1ccc2c(c1)CCC(=O)N2. The lowest BCUT2D eigenvalue weighted by atomic mass is 9.74. The fraction of sp³-hybridized carbons (Fsp3) is 0.632. The van der Waals surface area contributed by atoms with E-state index < -0.39 is 0 Å². The molecule has 3 aliphatic rings. The van der Waals surface area contributed by atoms with Crippen molar-refractivity contribution in [2.45, 2.75) is 69.6 Å². The number of rotatable bonds is 3. The largest absolute Gasteiger partial charge is 0.375 e. The highest BCUT2D eigenvalue weighted by Crippen LogP contribution is 2.42. The maximum atomic E-state index is 11.5. The van der Waals surface area contributed by atoms with E-state index in [9.17, 15) is 4.79 Å². The molecular weight excluding hydrogens is 288 g/mol. The molecule has 1 amide bonds. The van der Waals surface area contributed by atoms with E-state index >= 15 is 0 Å². The molecule has 4 rings (SSSR count). The lowest BCUT2D eigenvalue weighted by Crippen LogP contribution is -2.51. The second-order valence-corrected chi connectivity index (χ2v) is 7.43. The van der Waals surface area contributed by atoms with Gasteiger partial charge in [-0.2, -0.15) is 0 Å². The van der Waals surface area contributed by atoms with Gasteiger partial charge in [-0.05, 0) is 62.6 Å². The van der Waals surface area contributed by atoms with E-state index in [1.165, 1.54) is 30.4 Å². The second kappa shape index (κ2) is 5.91. The lowest BCUT2D eigenvalue weighted by Gasteiger charge is -2.47. The quantitative estimate of drug-likeness (QED) is 0.900. The zero-order chi connectivity index (χ0) is 15.9. The summed E-state index contributed by atoms with van der Waals surface area (Å²) in [6, 6.07) is 7.33. The van der Waals surface area contributed by atoms with Crippen molar-refractivity contribution in [2.75, 3.05) is 11.9 Å². The minimum absolute atomic E-state index is 0.129. The van der Waals surface area contributed by atoms with E-state index in [2.05, 4.69) is 35.8 Å². The molecule has 1 aromatic carbocycles. The van der Waals surface area contributed by atoms with Crippen LogP contribution >= 0.6 is 0 Å². The van der Waals surface area contributed by atoms with Gasteiger partial charge < -0.3 is 15.4 Å². The topological polar surface area (TPSA) is 50.4 Å². The van der Waals surface area contributed by atoms with Gasteiger partial charge in [0.15, 0.2) is 0 Å². The van der Waals surface area contributed by atoms with Crippen molar-refractivity contribution in [1.82, 2.24) is 5.32 Å². The zero-order valence-electron chi connectivity index (χ0n) is 13.9. The first-order valence-electron chi connectivity index (χ1n) is 8.96. The Morgan fingerprint density at radius 2 is 2.22 bits per heavy atom. The van der Waals surface area contributed by atoms with Gasteiger partial charge in [-0.1, -0.05) is 12.1 Å². The third kappa shape index (κ3) is 3.02. The highest BCUT2D eigenvalue weighted by atomic mass is 16.5. The standard InChI is InChI=1S/C19H26N2O2/c1-13(20-16-7-10-23-19(12-16)8-2-9-19)14-3-5-17-15(11-14)4-6-18(22)21-17/h3,5,11,13,16,20H,2,4,6-10,12H2,1H3,(H,21,22)/t13-,16-/m0/s1. The van der Waals surface area contributed by atoms with Crippen LogP contribution in [0.15, 0.2) is 18.2 Å². The number of hydrogen-bond donors (Lipinski definition) is 2. The molecule has 1 spiro atoms. The Hall–Kier alpha value is -1.39. The Balaban J connectivity index is 1.42. The number of amides is 1. The minimum atomic E-state index is 0.129. The van der Waals surface area contributed by atoms with Crippen LogP contribution in [0.1, 0.15) is 62.6 Å². The van der Waals surface area contributed by atoms with Crippen molar-refractivity contribution in [1.29, 1.82) is 0 Å². The summed E-state index contributed by atoms with van der Waals surface area (Å²) in [4.78, 5) is 11.5. The second-order valence-electron chi connectivity index (χ2n) is 7.43. The predicted molar refractivity (Wildman–Crippen MR) is 90.5 cm³/mol. The molecule has 2 atom stereocenters. The van der Waals surface area contributed by atoms with Crippen molar-refractivity contribution in [3.05, 3.63) is 29.3 Å². The monoisotopic (exact) mass is 314 g/mol. The van der Waals surface area contributed by atoms with Crippen molar-refractivity contribution >= 4 is 11.6 Å². The van der Waals surface area contributed by atoms with Gasteiger partial charge in [-0.3, -0.25) is 4.79 Å². The van der Waals surface area contributed by atoms with Crippen molar-refractivity contribution in [2.24, 2.45) is 0 Å². The van der Waals surface area contributed by atoms with E-state index in [0.717, 1.165) is 31.6 Å². The first-order chi connectivity index (χ1) is 11.1. The molecule has 2 heterocycles. The summed E-state index contributed by atoms with van der Waals surface area (Å²) in [6.07, 6.45) is 7.49. The third-order valence-corrected chi connectivity index (χ3v) is 5.77. The summed E-state index contributed by atoms with van der Waals surface area (Å²) in [7, 11) is 0. The van der Waals surface area contributed by atoms with Gasteiger partial charge in [-0.15, -0.1) is 0 Å². The van der Waals surface area contributed by atoms with Crippen LogP contribution in [0, 0.1) is 0 Å². The first kappa shape index (κ1) is 15.2. The Morgan fingerprint density at radius 3 is 3.00 bits per heavy atom. The Bertz CT molecular complexity index is 609. The van der Waals surface area contributed by atoms with Crippen LogP contribution in [0.3, 0.4) is 0 Å². The molecule has 0 unspecified atom stereocenters. The summed E-state index contributed by atoms with van der Waals surface area (Å²) in [5.74, 6) is 0.129. The summed E-state index contributed by atoms with van der Waals surface area (Å²) >= 11 is 0. The molecule has 2 fully saturated rings. The van der Waals surface area contributed by atoms with Gasteiger partial charge >= 0.3 is 0 Å². The Kier molecular flexibility index (Phi) is 3.90. The Labute approximate surface area is 138 Å². The molecule has 2 aliphatic heterocycles. The average Bonchev–Trinajstić information content (AvgIpc) is 2.53. The lowest BCUT2D eigenvalue weighted by molar-refractivity contribution is -0.136. The van der Waals surface area contributed by atoms with Gasteiger partial charge in [0.25, 0.3) is 0 Å². The molecule has 23 heavy (non-hydrogen) atoms. The smallest absolute Gasteiger partial charge is 0.224 e. The molecule has 4 heteroatoms. The summed E-state index contributed by atoms with van der Waals surface area (Å²) < 4.78 is 6.02. The summed E-state index contributed by atoms with van der Waals surface area (Å²) in [5.41, 5.74) is 3.75.